The van der Waals surface area contributed by atoms with Crippen molar-refractivity contribution in [3.63, 3.8) is 0 Å². The second-order valence-electron chi connectivity index (χ2n) is 4.16. The second-order valence-corrected chi connectivity index (χ2v) is 5.01. The van der Waals surface area contributed by atoms with Gasteiger partial charge in [0.2, 0.25) is 5.91 Å². The number of carbonyl (C=O) groups excluding carboxylic acids is 1. The minimum absolute atomic E-state index is 0.101. The van der Waals surface area contributed by atoms with E-state index in [-0.39, 0.29) is 17.5 Å². The topological polar surface area (TPSA) is 55.1 Å². The minimum atomic E-state index is -4.44. The standard InChI is InChI=1S/C12H14BrF3N2O/c1-7(4-5-17)11(19)18-10-6-8(12(14,15)16)2-3-9(10)13/h2-3,6-7H,4-5,17H2,1H3,(H,18,19). The van der Waals surface area contributed by atoms with Gasteiger partial charge in [0.15, 0.2) is 0 Å². The summed E-state index contributed by atoms with van der Waals surface area (Å²) in [5.74, 6) is -0.711. The van der Waals surface area contributed by atoms with Crippen molar-refractivity contribution in [2.45, 2.75) is 19.5 Å². The molecular weight excluding hydrogens is 325 g/mol. The molecule has 0 heterocycles. The predicted octanol–water partition coefficient (Wildman–Crippen LogP) is 3.39. The number of anilines is 1. The van der Waals surface area contributed by atoms with E-state index in [0.29, 0.717) is 17.4 Å². The van der Waals surface area contributed by atoms with Gasteiger partial charge in [-0.05, 0) is 47.1 Å². The molecule has 0 aromatic heterocycles. The third kappa shape index (κ3) is 4.50. The lowest BCUT2D eigenvalue weighted by Gasteiger charge is -2.14. The summed E-state index contributed by atoms with van der Waals surface area (Å²) in [4.78, 5) is 11.7. The SMILES string of the molecule is CC(CCN)C(=O)Nc1cc(C(F)(F)F)ccc1Br. The molecule has 0 aliphatic heterocycles. The van der Waals surface area contributed by atoms with Gasteiger partial charge in [-0.25, -0.2) is 0 Å². The zero-order valence-corrected chi connectivity index (χ0v) is 11.8. The quantitative estimate of drug-likeness (QED) is 0.884. The molecule has 0 saturated carbocycles. The third-order valence-corrected chi connectivity index (χ3v) is 3.29. The number of nitrogens with one attached hydrogen (secondary N) is 1. The molecule has 0 radical (unpaired) electrons. The molecule has 0 bridgehead atoms. The Morgan fingerprint density at radius 1 is 1.47 bits per heavy atom. The molecule has 1 rings (SSSR count). The molecule has 3 nitrogen and oxygen atoms in total. The van der Waals surface area contributed by atoms with Gasteiger partial charge in [-0.1, -0.05) is 6.92 Å². The lowest BCUT2D eigenvalue weighted by atomic mass is 10.1. The second kappa shape index (κ2) is 6.38. The van der Waals surface area contributed by atoms with Crippen LogP contribution in [0.25, 0.3) is 0 Å². The molecule has 106 valence electrons. The van der Waals surface area contributed by atoms with Crippen molar-refractivity contribution in [2.75, 3.05) is 11.9 Å². The molecule has 0 spiro atoms. The van der Waals surface area contributed by atoms with E-state index in [1.807, 2.05) is 0 Å². The first-order chi connectivity index (χ1) is 8.75. The predicted molar refractivity (Wildman–Crippen MR) is 70.6 cm³/mol. The summed E-state index contributed by atoms with van der Waals surface area (Å²) >= 11 is 3.11. The molecule has 1 amide bonds. The van der Waals surface area contributed by atoms with Crippen molar-refractivity contribution in [1.82, 2.24) is 0 Å². The maximum absolute atomic E-state index is 12.6. The normalized spacial score (nSPS) is 13.2. The maximum Gasteiger partial charge on any atom is 0.416 e. The highest BCUT2D eigenvalue weighted by molar-refractivity contribution is 9.10. The summed E-state index contributed by atoms with van der Waals surface area (Å²) in [6, 6.07) is 3.10. The summed E-state index contributed by atoms with van der Waals surface area (Å²) in [5, 5.41) is 2.47. The number of amides is 1. The van der Waals surface area contributed by atoms with E-state index in [1.54, 1.807) is 6.92 Å². The van der Waals surface area contributed by atoms with Gasteiger partial charge in [-0.2, -0.15) is 13.2 Å². The Morgan fingerprint density at radius 3 is 2.63 bits per heavy atom. The first kappa shape index (κ1) is 16.0. The van der Waals surface area contributed by atoms with Gasteiger partial charge in [0.1, 0.15) is 0 Å². The Balaban J connectivity index is 2.92. The van der Waals surface area contributed by atoms with E-state index >= 15 is 0 Å². The van der Waals surface area contributed by atoms with E-state index in [9.17, 15) is 18.0 Å². The van der Waals surface area contributed by atoms with Crippen LogP contribution in [0.3, 0.4) is 0 Å². The van der Waals surface area contributed by atoms with Crippen LogP contribution in [-0.4, -0.2) is 12.5 Å². The molecule has 0 aliphatic rings. The summed E-state index contributed by atoms with van der Waals surface area (Å²) in [7, 11) is 0. The first-order valence-corrected chi connectivity index (χ1v) is 6.42. The fourth-order valence-corrected chi connectivity index (χ4v) is 1.78. The van der Waals surface area contributed by atoms with E-state index in [4.69, 9.17) is 5.73 Å². The summed E-state index contributed by atoms with van der Waals surface area (Å²) in [5.41, 5.74) is 4.63. The van der Waals surface area contributed by atoms with Crippen molar-refractivity contribution in [3.05, 3.63) is 28.2 Å². The van der Waals surface area contributed by atoms with Gasteiger partial charge in [0.25, 0.3) is 0 Å². The Kier molecular flexibility index (Phi) is 5.37. The number of benzene rings is 1. The fraction of sp³-hybridized carbons (Fsp3) is 0.417. The van der Waals surface area contributed by atoms with Crippen LogP contribution in [0, 0.1) is 5.92 Å². The molecule has 1 unspecified atom stereocenters. The average molecular weight is 339 g/mol. The monoisotopic (exact) mass is 338 g/mol. The Bertz CT molecular complexity index is 463. The summed E-state index contributed by atoms with van der Waals surface area (Å²) in [6.45, 7) is 2.02. The highest BCUT2D eigenvalue weighted by Crippen LogP contribution is 2.34. The van der Waals surface area contributed by atoms with Crippen LogP contribution in [0.1, 0.15) is 18.9 Å². The Hall–Kier alpha value is -1.08. The van der Waals surface area contributed by atoms with Crippen LogP contribution < -0.4 is 11.1 Å². The lowest BCUT2D eigenvalue weighted by Crippen LogP contribution is -2.23. The van der Waals surface area contributed by atoms with Gasteiger partial charge in [-0.15, -0.1) is 0 Å². The number of rotatable bonds is 4. The molecule has 0 saturated heterocycles. The van der Waals surface area contributed by atoms with Gasteiger partial charge in [-0.3, -0.25) is 4.79 Å². The molecule has 19 heavy (non-hydrogen) atoms. The molecule has 1 aromatic carbocycles. The van der Waals surface area contributed by atoms with Crippen LogP contribution >= 0.6 is 15.9 Å². The van der Waals surface area contributed by atoms with Crippen LogP contribution in [0.15, 0.2) is 22.7 Å². The number of carbonyl (C=O) groups is 1. The van der Waals surface area contributed by atoms with E-state index in [0.717, 1.165) is 12.1 Å². The number of halogens is 4. The number of hydrogen-bond donors (Lipinski definition) is 2. The highest BCUT2D eigenvalue weighted by atomic mass is 79.9. The molecule has 1 atom stereocenters. The maximum atomic E-state index is 12.6. The van der Waals surface area contributed by atoms with E-state index in [1.165, 1.54) is 6.07 Å². The highest BCUT2D eigenvalue weighted by Gasteiger charge is 2.31. The fourth-order valence-electron chi connectivity index (χ4n) is 1.43. The summed E-state index contributed by atoms with van der Waals surface area (Å²) < 4.78 is 38.1. The van der Waals surface area contributed by atoms with Crippen molar-refractivity contribution in [2.24, 2.45) is 11.7 Å². The third-order valence-electron chi connectivity index (χ3n) is 2.60. The minimum Gasteiger partial charge on any atom is -0.330 e. The zero-order valence-electron chi connectivity index (χ0n) is 10.2. The Morgan fingerprint density at radius 2 is 2.11 bits per heavy atom. The zero-order chi connectivity index (χ0) is 14.6. The van der Waals surface area contributed by atoms with E-state index < -0.39 is 11.7 Å². The molecule has 3 N–H and O–H groups in total. The molecule has 0 aliphatic carbocycles. The number of alkyl halides is 3. The van der Waals surface area contributed by atoms with Crippen LogP contribution in [0.4, 0.5) is 18.9 Å². The van der Waals surface area contributed by atoms with Crippen LogP contribution in [0.2, 0.25) is 0 Å². The van der Waals surface area contributed by atoms with Crippen LogP contribution in [0.5, 0.6) is 0 Å². The molecular formula is C12H14BrF3N2O. The largest absolute Gasteiger partial charge is 0.416 e. The van der Waals surface area contributed by atoms with Crippen LogP contribution in [-0.2, 0) is 11.0 Å². The Labute approximate surface area is 117 Å². The average Bonchev–Trinajstić information content (AvgIpc) is 2.30. The first-order valence-electron chi connectivity index (χ1n) is 5.63. The van der Waals surface area contributed by atoms with Crippen molar-refractivity contribution >= 4 is 27.5 Å². The lowest BCUT2D eigenvalue weighted by molar-refractivity contribution is -0.137. The van der Waals surface area contributed by atoms with E-state index in [2.05, 4.69) is 21.2 Å². The van der Waals surface area contributed by atoms with Crippen molar-refractivity contribution in [1.29, 1.82) is 0 Å². The van der Waals surface area contributed by atoms with Gasteiger partial charge in [0.05, 0.1) is 11.3 Å². The van der Waals surface area contributed by atoms with Gasteiger partial charge < -0.3 is 11.1 Å². The number of nitrogens with two attached hydrogens (primary N) is 1. The number of hydrogen-bond acceptors (Lipinski definition) is 2. The van der Waals surface area contributed by atoms with Gasteiger partial charge >= 0.3 is 6.18 Å². The molecule has 0 fully saturated rings. The van der Waals surface area contributed by atoms with Crippen molar-refractivity contribution < 1.29 is 18.0 Å². The smallest absolute Gasteiger partial charge is 0.330 e. The van der Waals surface area contributed by atoms with Gasteiger partial charge in [0, 0.05) is 10.4 Å². The molecule has 7 heteroatoms. The molecule has 1 aromatic rings. The summed E-state index contributed by atoms with van der Waals surface area (Å²) in [6.07, 6.45) is -3.97. The van der Waals surface area contributed by atoms with Crippen molar-refractivity contribution in [3.8, 4) is 0 Å².